The van der Waals surface area contributed by atoms with Crippen molar-refractivity contribution in [1.82, 2.24) is 10.2 Å². The first-order chi connectivity index (χ1) is 10.1. The van der Waals surface area contributed by atoms with Gasteiger partial charge in [0.2, 0.25) is 5.13 Å². The molecule has 7 heteroatoms. The second-order valence-electron chi connectivity index (χ2n) is 4.25. The molecule has 0 aliphatic carbocycles. The summed E-state index contributed by atoms with van der Waals surface area (Å²) in [6.07, 6.45) is 0.121. The smallest absolute Gasteiger partial charge is 0.266 e. The molecular formula is C14H17N3O3S. The summed E-state index contributed by atoms with van der Waals surface area (Å²) >= 11 is 1.36. The molecule has 1 amide bonds. The van der Waals surface area contributed by atoms with Gasteiger partial charge in [0.1, 0.15) is 5.01 Å². The van der Waals surface area contributed by atoms with Crippen molar-refractivity contribution in [3.8, 4) is 11.5 Å². The van der Waals surface area contributed by atoms with Gasteiger partial charge in [0.15, 0.2) is 17.6 Å². The summed E-state index contributed by atoms with van der Waals surface area (Å²) in [6.45, 7) is 3.66. The molecule has 0 bridgehead atoms. The molecule has 0 aliphatic heterocycles. The van der Waals surface area contributed by atoms with Crippen molar-refractivity contribution in [2.45, 2.75) is 26.4 Å². The van der Waals surface area contributed by atoms with Gasteiger partial charge in [0.25, 0.3) is 5.91 Å². The predicted molar refractivity (Wildman–Crippen MR) is 81.0 cm³/mol. The summed E-state index contributed by atoms with van der Waals surface area (Å²) in [5.41, 5.74) is 0. The van der Waals surface area contributed by atoms with Crippen molar-refractivity contribution in [2.75, 3.05) is 12.4 Å². The highest BCUT2D eigenvalue weighted by Crippen LogP contribution is 2.27. The average molecular weight is 307 g/mol. The van der Waals surface area contributed by atoms with E-state index in [1.807, 2.05) is 19.1 Å². The zero-order valence-corrected chi connectivity index (χ0v) is 12.9. The number of carbonyl (C=O) groups is 1. The van der Waals surface area contributed by atoms with E-state index in [0.717, 1.165) is 11.4 Å². The minimum Gasteiger partial charge on any atom is -0.493 e. The molecule has 2 aromatic rings. The number of hydrogen-bond donors (Lipinski definition) is 1. The Hall–Kier alpha value is -2.15. The van der Waals surface area contributed by atoms with Crippen molar-refractivity contribution in [2.24, 2.45) is 0 Å². The summed E-state index contributed by atoms with van der Waals surface area (Å²) < 4.78 is 10.8. The summed E-state index contributed by atoms with van der Waals surface area (Å²) in [7, 11) is 1.56. The third-order valence-corrected chi connectivity index (χ3v) is 3.72. The predicted octanol–water partition coefficient (Wildman–Crippen LogP) is 2.52. The first kappa shape index (κ1) is 15.2. The van der Waals surface area contributed by atoms with E-state index in [2.05, 4.69) is 15.5 Å². The Bertz CT molecular complexity index is 615. The molecule has 0 radical (unpaired) electrons. The molecule has 1 aromatic carbocycles. The van der Waals surface area contributed by atoms with Crippen LogP contribution in [0, 0.1) is 0 Å². The van der Waals surface area contributed by atoms with E-state index < -0.39 is 6.10 Å². The van der Waals surface area contributed by atoms with E-state index >= 15 is 0 Å². The fourth-order valence-electron chi connectivity index (χ4n) is 1.61. The third-order valence-electron chi connectivity index (χ3n) is 2.74. The van der Waals surface area contributed by atoms with Crippen LogP contribution in [0.2, 0.25) is 0 Å². The molecule has 0 saturated carbocycles. The number of anilines is 1. The number of benzene rings is 1. The lowest BCUT2D eigenvalue weighted by molar-refractivity contribution is -0.122. The Morgan fingerprint density at radius 1 is 1.33 bits per heavy atom. The van der Waals surface area contributed by atoms with Crippen LogP contribution < -0.4 is 14.8 Å². The number of amides is 1. The van der Waals surface area contributed by atoms with Gasteiger partial charge in [-0.3, -0.25) is 10.1 Å². The maximum atomic E-state index is 12.1. The van der Waals surface area contributed by atoms with Crippen LogP contribution in [-0.2, 0) is 11.2 Å². The van der Waals surface area contributed by atoms with Gasteiger partial charge < -0.3 is 9.47 Å². The molecule has 1 heterocycles. The number of aryl methyl sites for hydroxylation is 1. The molecule has 21 heavy (non-hydrogen) atoms. The van der Waals surface area contributed by atoms with Crippen LogP contribution in [0.1, 0.15) is 18.9 Å². The molecule has 0 fully saturated rings. The minimum atomic E-state index is -0.671. The van der Waals surface area contributed by atoms with Gasteiger partial charge in [0, 0.05) is 0 Å². The van der Waals surface area contributed by atoms with Gasteiger partial charge in [-0.15, -0.1) is 10.2 Å². The van der Waals surface area contributed by atoms with E-state index in [4.69, 9.17) is 9.47 Å². The van der Waals surface area contributed by atoms with Crippen LogP contribution in [0.15, 0.2) is 24.3 Å². The Morgan fingerprint density at radius 3 is 2.67 bits per heavy atom. The molecule has 0 saturated heterocycles. The Morgan fingerprint density at radius 2 is 2.05 bits per heavy atom. The van der Waals surface area contributed by atoms with Gasteiger partial charge in [-0.1, -0.05) is 30.4 Å². The van der Waals surface area contributed by atoms with Gasteiger partial charge in [0.05, 0.1) is 7.11 Å². The summed E-state index contributed by atoms with van der Waals surface area (Å²) in [5.74, 6) is 0.829. The number of ether oxygens (including phenoxy) is 2. The third kappa shape index (κ3) is 3.91. The van der Waals surface area contributed by atoms with E-state index in [9.17, 15) is 4.79 Å². The van der Waals surface area contributed by atoms with Crippen LogP contribution in [0.5, 0.6) is 11.5 Å². The lowest BCUT2D eigenvalue weighted by atomic mass is 10.3. The molecule has 1 N–H and O–H groups in total. The normalized spacial score (nSPS) is 11.8. The maximum absolute atomic E-state index is 12.1. The molecular weight excluding hydrogens is 290 g/mol. The van der Waals surface area contributed by atoms with Crippen LogP contribution in [0.25, 0.3) is 0 Å². The lowest BCUT2D eigenvalue weighted by Gasteiger charge is -2.15. The molecule has 2 rings (SSSR count). The Labute approximate surface area is 127 Å². The van der Waals surface area contributed by atoms with Crippen LogP contribution in [0.4, 0.5) is 5.13 Å². The molecule has 1 aromatic heterocycles. The molecule has 0 unspecified atom stereocenters. The highest BCUT2D eigenvalue weighted by atomic mass is 32.1. The van der Waals surface area contributed by atoms with Gasteiger partial charge >= 0.3 is 0 Å². The van der Waals surface area contributed by atoms with E-state index in [1.165, 1.54) is 11.3 Å². The fourth-order valence-corrected chi connectivity index (χ4v) is 2.30. The second kappa shape index (κ2) is 7.03. The van der Waals surface area contributed by atoms with Crippen LogP contribution in [0.3, 0.4) is 0 Å². The van der Waals surface area contributed by atoms with E-state index in [0.29, 0.717) is 16.6 Å². The summed E-state index contributed by atoms with van der Waals surface area (Å²) in [4.78, 5) is 12.1. The Kier molecular flexibility index (Phi) is 5.10. The minimum absolute atomic E-state index is 0.278. The summed E-state index contributed by atoms with van der Waals surface area (Å²) in [6, 6.07) is 7.19. The van der Waals surface area contributed by atoms with E-state index in [1.54, 1.807) is 26.2 Å². The molecule has 6 nitrogen and oxygen atoms in total. The van der Waals surface area contributed by atoms with Crippen LogP contribution >= 0.6 is 11.3 Å². The largest absolute Gasteiger partial charge is 0.493 e. The van der Waals surface area contributed by atoms with Crippen molar-refractivity contribution in [3.63, 3.8) is 0 Å². The zero-order chi connectivity index (χ0) is 15.2. The number of methoxy groups -OCH3 is 1. The monoisotopic (exact) mass is 307 g/mol. The highest BCUT2D eigenvalue weighted by Gasteiger charge is 2.18. The molecule has 1 atom stereocenters. The molecule has 112 valence electrons. The first-order valence-electron chi connectivity index (χ1n) is 6.57. The second-order valence-corrected chi connectivity index (χ2v) is 5.32. The van der Waals surface area contributed by atoms with E-state index in [-0.39, 0.29) is 5.91 Å². The lowest BCUT2D eigenvalue weighted by Crippen LogP contribution is -2.30. The zero-order valence-electron chi connectivity index (χ0n) is 12.1. The van der Waals surface area contributed by atoms with Crippen molar-refractivity contribution < 1.29 is 14.3 Å². The van der Waals surface area contributed by atoms with Gasteiger partial charge in [-0.25, -0.2) is 0 Å². The van der Waals surface area contributed by atoms with Crippen LogP contribution in [-0.4, -0.2) is 29.3 Å². The first-order valence-corrected chi connectivity index (χ1v) is 7.38. The average Bonchev–Trinajstić information content (AvgIpc) is 2.95. The number of nitrogens with one attached hydrogen (secondary N) is 1. The SMILES string of the molecule is CCc1nnc(NC(=O)[C@H](C)Oc2ccccc2OC)s1. The number of para-hydroxylation sites is 2. The number of hydrogen-bond acceptors (Lipinski definition) is 6. The quantitative estimate of drug-likeness (QED) is 0.887. The standard InChI is InChI=1S/C14H17N3O3S/c1-4-12-16-17-14(21-12)15-13(18)9(2)20-11-8-6-5-7-10(11)19-3/h5-9H,4H2,1-3H3,(H,15,17,18)/t9-/m0/s1. The number of carbonyl (C=O) groups excluding carboxylic acids is 1. The number of rotatable bonds is 6. The molecule has 0 spiro atoms. The van der Waals surface area contributed by atoms with Gasteiger partial charge in [-0.05, 0) is 25.5 Å². The van der Waals surface area contributed by atoms with Crippen molar-refractivity contribution in [3.05, 3.63) is 29.3 Å². The topological polar surface area (TPSA) is 73.3 Å². The molecule has 0 aliphatic rings. The van der Waals surface area contributed by atoms with Crippen molar-refractivity contribution >= 4 is 22.4 Å². The maximum Gasteiger partial charge on any atom is 0.266 e. The number of nitrogens with zero attached hydrogens (tertiary/aromatic N) is 2. The highest BCUT2D eigenvalue weighted by molar-refractivity contribution is 7.15. The number of aromatic nitrogens is 2. The summed E-state index contributed by atoms with van der Waals surface area (Å²) in [5, 5.41) is 11.9. The fraction of sp³-hybridized carbons (Fsp3) is 0.357. The Balaban J connectivity index is 1.99. The van der Waals surface area contributed by atoms with Gasteiger partial charge in [-0.2, -0.15) is 0 Å². The van der Waals surface area contributed by atoms with Crippen molar-refractivity contribution in [1.29, 1.82) is 0 Å².